The van der Waals surface area contributed by atoms with Crippen molar-refractivity contribution < 1.29 is 47.9 Å². The fourth-order valence-electron chi connectivity index (χ4n) is 4.49. The molecule has 212 valence electrons. The number of hydrogen-bond acceptors (Lipinski definition) is 5. The summed E-state index contributed by atoms with van der Waals surface area (Å²) >= 11 is 0. The summed E-state index contributed by atoms with van der Waals surface area (Å²) in [5, 5.41) is 10.8. The third-order valence-electron chi connectivity index (χ3n) is 6.65. The number of nitrogens with one attached hydrogen (secondary N) is 3. The van der Waals surface area contributed by atoms with Crippen molar-refractivity contribution >= 4 is 56.6 Å². The maximum atomic E-state index is 13.0. The molecule has 1 amide bonds. The molecule has 10 heteroatoms. The van der Waals surface area contributed by atoms with E-state index in [9.17, 15) is 4.79 Å². The SMILES string of the molecule is CC[n+]1ccc(Nc2ccc(NC(=O)c3ccc(Nc4cc[n+](CC)c5cc(N)ccc45)cc3N)cc2)cc1.[Br-].[Br-]. The van der Waals surface area contributed by atoms with Crippen LogP contribution in [0.4, 0.5) is 39.8 Å². The highest BCUT2D eigenvalue weighted by molar-refractivity contribution is 6.08. The van der Waals surface area contributed by atoms with Crippen molar-refractivity contribution in [2.75, 3.05) is 27.4 Å². The summed E-state index contributed by atoms with van der Waals surface area (Å²) in [7, 11) is 0. The van der Waals surface area contributed by atoms with Crippen LogP contribution in [-0.2, 0) is 13.1 Å². The Morgan fingerprint density at radius 2 is 1.37 bits per heavy atom. The Labute approximate surface area is 260 Å². The first-order chi connectivity index (χ1) is 18.9. The van der Waals surface area contributed by atoms with E-state index in [1.807, 2.05) is 85.3 Å². The Morgan fingerprint density at radius 3 is 2.02 bits per heavy atom. The van der Waals surface area contributed by atoms with E-state index in [1.54, 1.807) is 12.1 Å². The molecule has 0 unspecified atom stereocenters. The van der Waals surface area contributed by atoms with E-state index < -0.39 is 0 Å². The van der Waals surface area contributed by atoms with E-state index in [2.05, 4.69) is 38.9 Å². The molecule has 0 saturated heterocycles. The van der Waals surface area contributed by atoms with Crippen molar-refractivity contribution in [3.63, 3.8) is 0 Å². The number of rotatable bonds is 8. The highest BCUT2D eigenvalue weighted by Gasteiger charge is 2.14. The lowest BCUT2D eigenvalue weighted by atomic mass is 10.1. The monoisotopic (exact) mass is 677 g/mol. The lowest BCUT2D eigenvalue weighted by molar-refractivity contribution is -0.693. The highest BCUT2D eigenvalue weighted by Crippen LogP contribution is 2.28. The zero-order valence-electron chi connectivity index (χ0n) is 22.9. The molecule has 0 spiro atoms. The van der Waals surface area contributed by atoms with Gasteiger partial charge in [-0.3, -0.25) is 4.79 Å². The molecule has 0 bridgehead atoms. The van der Waals surface area contributed by atoms with Crippen molar-refractivity contribution in [2.24, 2.45) is 0 Å². The van der Waals surface area contributed by atoms with E-state index in [0.717, 1.165) is 46.7 Å². The number of benzene rings is 3. The van der Waals surface area contributed by atoms with Gasteiger partial charge in [0.05, 0.1) is 22.3 Å². The number of fused-ring (bicyclic) bond motifs is 1. The van der Waals surface area contributed by atoms with Crippen LogP contribution in [0.1, 0.15) is 24.2 Å². The summed E-state index contributed by atoms with van der Waals surface area (Å²) in [6.07, 6.45) is 6.08. The minimum atomic E-state index is -0.267. The summed E-state index contributed by atoms with van der Waals surface area (Å²) in [5.74, 6) is -0.267. The maximum absolute atomic E-state index is 13.0. The van der Waals surface area contributed by atoms with Gasteiger partial charge in [0.25, 0.3) is 5.91 Å². The molecular formula is C31H33Br2N7O. The summed E-state index contributed by atoms with van der Waals surface area (Å²) in [6, 6.07) is 24.9. The Bertz CT molecular complexity index is 1640. The molecule has 3 aromatic carbocycles. The van der Waals surface area contributed by atoms with E-state index in [-0.39, 0.29) is 39.9 Å². The number of anilines is 7. The standard InChI is InChI=1S/C31H31N7O.2BrH/c1-3-37-16-13-24(14-17-37)34-22-6-8-23(9-7-22)36-31(39)26-12-10-25(20-28(26)33)35-29-15-18-38(4-2)30-19-21(32)5-11-27(29)30;;/h5-20H,3-4H2,1-2H3,(H5,32,33,35,36,39);2*1H. The van der Waals surface area contributed by atoms with Crippen LogP contribution in [0.2, 0.25) is 0 Å². The minimum absolute atomic E-state index is 0. The van der Waals surface area contributed by atoms with E-state index >= 15 is 0 Å². The number of carbonyl (C=O) groups excluding carboxylic acids is 1. The zero-order chi connectivity index (χ0) is 27.4. The predicted octanol–water partition coefficient (Wildman–Crippen LogP) is -0.633. The van der Waals surface area contributed by atoms with Crippen LogP contribution in [0, 0.1) is 0 Å². The van der Waals surface area contributed by atoms with Gasteiger partial charge in [-0.1, -0.05) is 0 Å². The summed E-state index contributed by atoms with van der Waals surface area (Å²) in [5.41, 5.74) is 19.2. The molecule has 0 aliphatic heterocycles. The summed E-state index contributed by atoms with van der Waals surface area (Å²) in [6.45, 7) is 5.96. The van der Waals surface area contributed by atoms with Crippen molar-refractivity contribution in [3.05, 3.63) is 103 Å². The summed E-state index contributed by atoms with van der Waals surface area (Å²) < 4.78 is 4.24. The molecular weight excluding hydrogens is 646 g/mol. The Hall–Kier alpha value is -4.15. The fourth-order valence-corrected chi connectivity index (χ4v) is 4.49. The van der Waals surface area contributed by atoms with Gasteiger partial charge in [0.1, 0.15) is 13.1 Å². The second-order valence-corrected chi connectivity index (χ2v) is 9.29. The van der Waals surface area contributed by atoms with Gasteiger partial charge in [0, 0.05) is 52.7 Å². The van der Waals surface area contributed by atoms with Crippen molar-refractivity contribution in [2.45, 2.75) is 26.9 Å². The van der Waals surface area contributed by atoms with Crippen LogP contribution in [0.25, 0.3) is 10.9 Å². The molecule has 2 heterocycles. The van der Waals surface area contributed by atoms with Crippen LogP contribution in [0.5, 0.6) is 0 Å². The van der Waals surface area contributed by atoms with Gasteiger partial charge >= 0.3 is 0 Å². The highest BCUT2D eigenvalue weighted by atomic mass is 79.9. The van der Waals surface area contributed by atoms with E-state index in [1.165, 1.54) is 0 Å². The smallest absolute Gasteiger partial charge is 0.257 e. The quantitative estimate of drug-likeness (QED) is 0.111. The lowest BCUT2D eigenvalue weighted by Gasteiger charge is -2.13. The Kier molecular flexibility index (Phi) is 10.7. The van der Waals surface area contributed by atoms with Crippen LogP contribution >= 0.6 is 0 Å². The molecule has 41 heavy (non-hydrogen) atoms. The number of halogens is 2. The second kappa shape index (κ2) is 14.0. The molecule has 0 aliphatic rings. The van der Waals surface area contributed by atoms with E-state index in [0.29, 0.717) is 22.6 Å². The minimum Gasteiger partial charge on any atom is -1.00 e. The molecule has 5 aromatic rings. The molecule has 0 aliphatic carbocycles. The Morgan fingerprint density at radius 1 is 0.707 bits per heavy atom. The molecule has 7 N–H and O–H groups in total. The van der Waals surface area contributed by atoms with Crippen LogP contribution < -0.4 is 70.5 Å². The maximum Gasteiger partial charge on any atom is 0.257 e. The molecule has 2 aromatic heterocycles. The number of nitrogens with two attached hydrogens (primary N) is 2. The van der Waals surface area contributed by atoms with Crippen LogP contribution in [-0.4, -0.2) is 5.91 Å². The third-order valence-corrected chi connectivity index (χ3v) is 6.65. The van der Waals surface area contributed by atoms with Gasteiger partial charge < -0.3 is 61.4 Å². The molecule has 0 fully saturated rings. The van der Waals surface area contributed by atoms with Crippen LogP contribution in [0.15, 0.2) is 97.5 Å². The van der Waals surface area contributed by atoms with Crippen molar-refractivity contribution in [3.8, 4) is 0 Å². The molecule has 8 nitrogen and oxygen atoms in total. The third kappa shape index (κ3) is 7.33. The van der Waals surface area contributed by atoms with Crippen molar-refractivity contribution in [1.29, 1.82) is 0 Å². The number of aromatic nitrogens is 2. The number of amides is 1. The molecule has 0 atom stereocenters. The molecule has 0 saturated carbocycles. The largest absolute Gasteiger partial charge is 1.00 e. The van der Waals surface area contributed by atoms with E-state index in [4.69, 9.17) is 11.5 Å². The average molecular weight is 679 g/mol. The second-order valence-electron chi connectivity index (χ2n) is 9.29. The number of pyridine rings is 2. The summed E-state index contributed by atoms with van der Waals surface area (Å²) in [4.78, 5) is 13.0. The van der Waals surface area contributed by atoms with Gasteiger partial charge in [-0.15, -0.1) is 0 Å². The first kappa shape index (κ1) is 31.4. The average Bonchev–Trinajstić information content (AvgIpc) is 2.94. The van der Waals surface area contributed by atoms with Gasteiger partial charge in [-0.05, 0) is 68.4 Å². The van der Waals surface area contributed by atoms with Gasteiger partial charge in [0.15, 0.2) is 18.6 Å². The topological polar surface area (TPSA) is 113 Å². The fraction of sp³-hybridized carbons (Fsp3) is 0.129. The number of nitrogen functional groups attached to an aromatic ring is 2. The number of aryl methyl sites for hydroxylation is 2. The number of nitrogens with zero attached hydrogens (tertiary/aromatic N) is 2. The first-order valence-electron chi connectivity index (χ1n) is 13.0. The molecule has 0 radical (unpaired) electrons. The lowest BCUT2D eigenvalue weighted by Crippen LogP contribution is -3.00. The van der Waals surface area contributed by atoms with Crippen molar-refractivity contribution in [1.82, 2.24) is 0 Å². The van der Waals surface area contributed by atoms with Gasteiger partial charge in [-0.25, -0.2) is 4.57 Å². The van der Waals surface area contributed by atoms with Gasteiger partial charge in [-0.2, -0.15) is 4.57 Å². The normalized spacial score (nSPS) is 10.3. The van der Waals surface area contributed by atoms with Crippen LogP contribution in [0.3, 0.4) is 0 Å². The number of hydrogen-bond donors (Lipinski definition) is 5. The molecule has 5 rings (SSSR count). The van der Waals surface area contributed by atoms with Gasteiger partial charge in [0.2, 0.25) is 5.52 Å². The predicted molar refractivity (Wildman–Crippen MR) is 158 cm³/mol. The number of carbonyl (C=O) groups is 1. The zero-order valence-corrected chi connectivity index (χ0v) is 26.0. The Balaban J connectivity index is 0.00000231. The first-order valence-corrected chi connectivity index (χ1v) is 13.0.